The number of fused-ring (bicyclic) bond motifs is 1. The Labute approximate surface area is 158 Å². The number of aryl methyl sites for hydroxylation is 2. The van der Waals surface area contributed by atoms with Gasteiger partial charge in [0.05, 0.1) is 18.2 Å². The fraction of sp³-hybridized carbons (Fsp3) is 0.350. The van der Waals surface area contributed by atoms with Gasteiger partial charge in [-0.05, 0) is 48.7 Å². The summed E-state index contributed by atoms with van der Waals surface area (Å²) in [6.45, 7) is 5.40. The van der Waals surface area contributed by atoms with Gasteiger partial charge in [0.15, 0.2) is 18.1 Å². The molecule has 0 fully saturated rings. The van der Waals surface area contributed by atoms with Gasteiger partial charge >= 0.3 is 0 Å². The van der Waals surface area contributed by atoms with Crippen LogP contribution in [0.5, 0.6) is 17.2 Å². The lowest BCUT2D eigenvalue weighted by Crippen LogP contribution is -2.28. The molecular formula is C20H22ClNO4. The highest BCUT2D eigenvalue weighted by Gasteiger charge is 2.16. The fourth-order valence-electron chi connectivity index (χ4n) is 2.64. The summed E-state index contributed by atoms with van der Waals surface area (Å²) < 4.78 is 16.9. The molecule has 0 aromatic heterocycles. The van der Waals surface area contributed by atoms with Crippen molar-refractivity contribution in [2.45, 2.75) is 26.8 Å². The number of benzene rings is 2. The largest absolute Gasteiger partial charge is 0.489 e. The van der Waals surface area contributed by atoms with Crippen LogP contribution in [-0.4, -0.2) is 25.7 Å². The van der Waals surface area contributed by atoms with E-state index in [1.807, 2.05) is 38.1 Å². The van der Waals surface area contributed by atoms with Crippen LogP contribution < -0.4 is 19.5 Å². The predicted octanol–water partition coefficient (Wildman–Crippen LogP) is 3.81. The normalized spacial score (nSPS) is 13.0. The van der Waals surface area contributed by atoms with Crippen LogP contribution in [0.15, 0.2) is 30.3 Å². The lowest BCUT2D eigenvalue weighted by atomic mass is 10.1. The summed E-state index contributed by atoms with van der Waals surface area (Å²) in [5.41, 5.74) is 2.94. The maximum atomic E-state index is 12.1. The zero-order valence-corrected chi connectivity index (χ0v) is 15.7. The summed E-state index contributed by atoms with van der Waals surface area (Å²) in [6, 6.07) is 9.53. The molecule has 1 aliphatic heterocycles. The highest BCUT2D eigenvalue weighted by atomic mass is 35.5. The van der Waals surface area contributed by atoms with Crippen molar-refractivity contribution in [1.29, 1.82) is 0 Å². The predicted molar refractivity (Wildman–Crippen MR) is 100 cm³/mol. The molecule has 1 amide bonds. The Morgan fingerprint density at radius 2 is 2.00 bits per heavy atom. The second-order valence-electron chi connectivity index (χ2n) is 6.29. The zero-order valence-electron chi connectivity index (χ0n) is 14.9. The van der Waals surface area contributed by atoms with Crippen molar-refractivity contribution in [3.63, 3.8) is 0 Å². The van der Waals surface area contributed by atoms with Crippen molar-refractivity contribution in [2.24, 2.45) is 0 Å². The Morgan fingerprint density at radius 1 is 1.19 bits per heavy atom. The molecular weight excluding hydrogens is 354 g/mol. The molecule has 0 radical (unpaired) electrons. The Bertz CT molecular complexity index is 807. The van der Waals surface area contributed by atoms with Crippen LogP contribution in [0.3, 0.4) is 0 Å². The van der Waals surface area contributed by atoms with Crippen molar-refractivity contribution < 1.29 is 19.0 Å². The quantitative estimate of drug-likeness (QED) is 0.863. The first-order valence-electron chi connectivity index (χ1n) is 8.57. The highest BCUT2D eigenvalue weighted by Crippen LogP contribution is 2.37. The molecule has 5 nitrogen and oxygen atoms in total. The third-order valence-electron chi connectivity index (χ3n) is 4.05. The van der Waals surface area contributed by atoms with Crippen LogP contribution in [0.25, 0.3) is 0 Å². The average Bonchev–Trinajstić information content (AvgIpc) is 2.86. The van der Waals surface area contributed by atoms with Crippen LogP contribution >= 0.6 is 11.6 Å². The molecule has 0 unspecified atom stereocenters. The maximum absolute atomic E-state index is 12.1. The summed E-state index contributed by atoms with van der Waals surface area (Å²) in [6.07, 6.45) is 0.812. The van der Waals surface area contributed by atoms with Crippen LogP contribution in [0, 0.1) is 13.8 Å². The standard InChI is InChI=1S/C20H22ClNO4/c1-13-4-5-14(2)17(8-13)26-12-19(23)22-11-15-9-16(21)20-18(10-15)24-6-3-7-25-20/h4-5,8-10H,3,6-7,11-12H2,1-2H3,(H,22,23). The van der Waals surface area contributed by atoms with E-state index < -0.39 is 0 Å². The summed E-state index contributed by atoms with van der Waals surface area (Å²) in [4.78, 5) is 12.1. The van der Waals surface area contributed by atoms with Gasteiger partial charge in [-0.25, -0.2) is 0 Å². The number of carbonyl (C=O) groups is 1. The lowest BCUT2D eigenvalue weighted by Gasteiger charge is -2.13. The van der Waals surface area contributed by atoms with Gasteiger partial charge in [0.2, 0.25) is 0 Å². The Balaban J connectivity index is 1.57. The summed E-state index contributed by atoms with van der Waals surface area (Å²) >= 11 is 6.27. The average molecular weight is 376 g/mol. The summed E-state index contributed by atoms with van der Waals surface area (Å²) in [5, 5.41) is 3.32. The topological polar surface area (TPSA) is 56.8 Å². The Hall–Kier alpha value is -2.40. The lowest BCUT2D eigenvalue weighted by molar-refractivity contribution is -0.123. The first-order chi connectivity index (χ1) is 12.5. The number of ether oxygens (including phenoxy) is 3. The van der Waals surface area contributed by atoms with Gasteiger partial charge in [-0.2, -0.15) is 0 Å². The second kappa shape index (κ2) is 8.32. The molecule has 3 rings (SSSR count). The molecule has 26 heavy (non-hydrogen) atoms. The molecule has 1 heterocycles. The minimum Gasteiger partial charge on any atom is -0.489 e. The van der Waals surface area contributed by atoms with Crippen LogP contribution in [0.1, 0.15) is 23.1 Å². The number of carbonyl (C=O) groups excluding carboxylic acids is 1. The van der Waals surface area contributed by atoms with E-state index in [1.54, 1.807) is 6.07 Å². The smallest absolute Gasteiger partial charge is 0.258 e. The fourth-order valence-corrected chi connectivity index (χ4v) is 2.93. The maximum Gasteiger partial charge on any atom is 0.258 e. The van der Waals surface area contributed by atoms with Crippen LogP contribution in [0.4, 0.5) is 0 Å². The van der Waals surface area contributed by atoms with Crippen molar-refractivity contribution in [3.05, 3.63) is 52.0 Å². The second-order valence-corrected chi connectivity index (χ2v) is 6.70. The SMILES string of the molecule is Cc1ccc(C)c(OCC(=O)NCc2cc(Cl)c3c(c2)OCCCO3)c1. The van der Waals surface area contributed by atoms with Gasteiger partial charge in [-0.1, -0.05) is 23.7 Å². The molecule has 1 N–H and O–H groups in total. The van der Waals surface area contributed by atoms with Gasteiger partial charge < -0.3 is 19.5 Å². The molecule has 0 bridgehead atoms. The monoisotopic (exact) mass is 375 g/mol. The number of hydrogen-bond acceptors (Lipinski definition) is 4. The molecule has 0 spiro atoms. The van der Waals surface area contributed by atoms with Gasteiger partial charge in [0.1, 0.15) is 5.75 Å². The molecule has 1 aliphatic rings. The van der Waals surface area contributed by atoms with Crippen molar-refractivity contribution in [3.8, 4) is 17.2 Å². The molecule has 2 aromatic rings. The molecule has 0 saturated carbocycles. The van der Waals surface area contributed by atoms with E-state index in [-0.39, 0.29) is 12.5 Å². The van der Waals surface area contributed by atoms with Gasteiger partial charge in [-0.3, -0.25) is 4.79 Å². The van der Waals surface area contributed by atoms with Crippen molar-refractivity contribution in [2.75, 3.05) is 19.8 Å². The Morgan fingerprint density at radius 3 is 2.85 bits per heavy atom. The summed E-state index contributed by atoms with van der Waals surface area (Å²) in [7, 11) is 0. The first-order valence-corrected chi connectivity index (χ1v) is 8.95. The van der Waals surface area contributed by atoms with Crippen molar-refractivity contribution in [1.82, 2.24) is 5.32 Å². The Kier molecular flexibility index (Phi) is 5.89. The van der Waals surface area contributed by atoms with Crippen LogP contribution in [-0.2, 0) is 11.3 Å². The van der Waals surface area contributed by atoms with E-state index in [0.29, 0.717) is 36.3 Å². The number of rotatable bonds is 5. The van der Waals surface area contributed by atoms with E-state index in [0.717, 1.165) is 28.9 Å². The molecule has 2 aromatic carbocycles. The van der Waals surface area contributed by atoms with Gasteiger partial charge in [0.25, 0.3) is 5.91 Å². The minimum atomic E-state index is -0.200. The number of amides is 1. The van der Waals surface area contributed by atoms with Crippen molar-refractivity contribution >= 4 is 17.5 Å². The van der Waals surface area contributed by atoms with E-state index in [9.17, 15) is 4.79 Å². The van der Waals surface area contributed by atoms with Crippen LogP contribution in [0.2, 0.25) is 5.02 Å². The number of halogens is 1. The highest BCUT2D eigenvalue weighted by molar-refractivity contribution is 6.32. The molecule has 6 heteroatoms. The molecule has 138 valence electrons. The minimum absolute atomic E-state index is 0.0391. The van der Waals surface area contributed by atoms with Gasteiger partial charge in [-0.15, -0.1) is 0 Å². The van der Waals surface area contributed by atoms with E-state index in [4.69, 9.17) is 25.8 Å². The molecule has 0 atom stereocenters. The molecule has 0 saturated heterocycles. The zero-order chi connectivity index (χ0) is 18.5. The number of hydrogen-bond donors (Lipinski definition) is 1. The molecule has 0 aliphatic carbocycles. The first kappa shape index (κ1) is 18.4. The van der Waals surface area contributed by atoms with Gasteiger partial charge in [0, 0.05) is 13.0 Å². The van der Waals surface area contributed by atoms with E-state index >= 15 is 0 Å². The third kappa shape index (κ3) is 4.61. The van der Waals surface area contributed by atoms with E-state index in [1.165, 1.54) is 0 Å². The third-order valence-corrected chi connectivity index (χ3v) is 4.33. The number of nitrogens with one attached hydrogen (secondary N) is 1. The van der Waals surface area contributed by atoms with E-state index in [2.05, 4.69) is 5.32 Å². The summed E-state index contributed by atoms with van der Waals surface area (Å²) in [5.74, 6) is 1.70.